The van der Waals surface area contributed by atoms with Gasteiger partial charge < -0.3 is 14.6 Å². The number of carbonyl (C=O) groups is 1. The van der Waals surface area contributed by atoms with Crippen LogP contribution in [0.15, 0.2) is 37.1 Å². The minimum atomic E-state index is 0.129. The molecule has 0 unspecified atom stereocenters. The van der Waals surface area contributed by atoms with Crippen LogP contribution < -0.4 is 10.1 Å². The van der Waals surface area contributed by atoms with Crippen LogP contribution in [0.2, 0.25) is 0 Å². The number of nitrogens with zero attached hydrogens (tertiary/aromatic N) is 2. The third kappa shape index (κ3) is 3.87. The maximum Gasteiger partial charge on any atom is 0.223 e. The number of fused-ring (bicyclic) bond motifs is 1. The first-order valence-corrected chi connectivity index (χ1v) is 8.85. The molecule has 0 saturated carbocycles. The molecule has 134 valence electrons. The molecular weight excluding hydrogens is 314 g/mol. The van der Waals surface area contributed by atoms with Gasteiger partial charge in [-0.25, -0.2) is 0 Å². The summed E-state index contributed by atoms with van der Waals surface area (Å²) in [6.07, 6.45) is 5.75. The number of aromatic nitrogens is 1. The third-order valence-corrected chi connectivity index (χ3v) is 5.05. The van der Waals surface area contributed by atoms with E-state index in [4.69, 9.17) is 4.74 Å². The number of carbonyl (C=O) groups excluding carboxylic acids is 1. The molecule has 1 aromatic heterocycles. The van der Waals surface area contributed by atoms with Crippen molar-refractivity contribution in [1.29, 1.82) is 0 Å². The van der Waals surface area contributed by atoms with E-state index >= 15 is 0 Å². The van der Waals surface area contributed by atoms with Gasteiger partial charge >= 0.3 is 0 Å². The summed E-state index contributed by atoms with van der Waals surface area (Å²) in [7, 11) is 3.78. The molecule has 1 aliphatic rings. The van der Waals surface area contributed by atoms with Crippen LogP contribution in [0.3, 0.4) is 0 Å². The molecule has 2 heterocycles. The Bertz CT molecular complexity index is 758. The Morgan fingerprint density at radius 3 is 2.84 bits per heavy atom. The fraction of sp³-hybridized carbons (Fsp3) is 0.450. The summed E-state index contributed by atoms with van der Waals surface area (Å²) in [5, 5.41) is 4.16. The van der Waals surface area contributed by atoms with Gasteiger partial charge in [-0.2, -0.15) is 0 Å². The summed E-state index contributed by atoms with van der Waals surface area (Å²) < 4.78 is 7.54. The van der Waals surface area contributed by atoms with Crippen LogP contribution in [0.5, 0.6) is 5.75 Å². The topological polar surface area (TPSA) is 46.5 Å². The smallest absolute Gasteiger partial charge is 0.223 e. The molecule has 0 spiro atoms. The summed E-state index contributed by atoms with van der Waals surface area (Å²) in [5.74, 6) is 1.18. The van der Waals surface area contributed by atoms with Crippen molar-refractivity contribution in [2.45, 2.75) is 19.4 Å². The molecule has 1 aliphatic heterocycles. The second-order valence-corrected chi connectivity index (χ2v) is 6.73. The fourth-order valence-electron chi connectivity index (χ4n) is 3.62. The quantitative estimate of drug-likeness (QED) is 0.822. The molecule has 1 amide bonds. The Hall–Kier alpha value is -2.27. The van der Waals surface area contributed by atoms with Crippen molar-refractivity contribution >= 4 is 16.8 Å². The second-order valence-electron chi connectivity index (χ2n) is 6.73. The average molecular weight is 341 g/mol. The minimum Gasteiger partial charge on any atom is -0.497 e. The van der Waals surface area contributed by atoms with Crippen LogP contribution >= 0.6 is 0 Å². The number of hydrogen-bond acceptors (Lipinski definition) is 3. The normalized spacial score (nSPS) is 16.1. The number of rotatable bonds is 6. The molecule has 25 heavy (non-hydrogen) atoms. The molecule has 1 saturated heterocycles. The Labute approximate surface area is 149 Å². The lowest BCUT2D eigenvalue weighted by Crippen LogP contribution is -2.40. The van der Waals surface area contributed by atoms with Gasteiger partial charge in [0.25, 0.3) is 0 Å². The number of benzene rings is 1. The third-order valence-electron chi connectivity index (χ3n) is 5.05. The summed E-state index contributed by atoms with van der Waals surface area (Å²) in [4.78, 5) is 14.5. The lowest BCUT2D eigenvalue weighted by molar-refractivity contribution is -0.126. The zero-order valence-corrected chi connectivity index (χ0v) is 15.1. The molecule has 0 aliphatic carbocycles. The molecule has 0 bridgehead atoms. The van der Waals surface area contributed by atoms with E-state index in [9.17, 15) is 4.79 Å². The zero-order chi connectivity index (χ0) is 17.8. The maximum absolute atomic E-state index is 12.1. The van der Waals surface area contributed by atoms with Crippen LogP contribution in [0.4, 0.5) is 0 Å². The van der Waals surface area contributed by atoms with E-state index in [1.807, 2.05) is 6.07 Å². The molecule has 0 radical (unpaired) electrons. The van der Waals surface area contributed by atoms with E-state index in [2.05, 4.69) is 46.7 Å². The molecular formula is C20H27N3O2. The van der Waals surface area contributed by atoms with Gasteiger partial charge in [0.1, 0.15) is 5.75 Å². The predicted octanol–water partition coefficient (Wildman–Crippen LogP) is 2.70. The maximum atomic E-state index is 12.1. The van der Waals surface area contributed by atoms with E-state index in [-0.39, 0.29) is 11.8 Å². The predicted molar refractivity (Wildman–Crippen MR) is 101 cm³/mol. The number of likely N-dealkylation sites (tertiary alicyclic amines) is 1. The lowest BCUT2D eigenvalue weighted by Gasteiger charge is -2.31. The highest BCUT2D eigenvalue weighted by Gasteiger charge is 2.25. The van der Waals surface area contributed by atoms with Gasteiger partial charge in [-0.15, -0.1) is 6.58 Å². The van der Waals surface area contributed by atoms with Crippen LogP contribution in [0.1, 0.15) is 18.4 Å². The monoisotopic (exact) mass is 341 g/mol. The molecule has 2 aromatic rings. The van der Waals surface area contributed by atoms with Crippen molar-refractivity contribution in [2.24, 2.45) is 13.0 Å². The SMILES string of the molecule is C=CCNC(=O)C1CCN(Cc2cn(C)c3ccc(OC)cc23)CC1. The van der Waals surface area contributed by atoms with Gasteiger partial charge in [0, 0.05) is 43.2 Å². The summed E-state index contributed by atoms with van der Waals surface area (Å²) >= 11 is 0. The van der Waals surface area contributed by atoms with Gasteiger partial charge in [-0.05, 0) is 49.7 Å². The first-order valence-electron chi connectivity index (χ1n) is 8.85. The van der Waals surface area contributed by atoms with Crippen molar-refractivity contribution in [3.05, 3.63) is 42.6 Å². The Kier molecular flexibility index (Phi) is 5.43. The molecule has 5 heteroatoms. The van der Waals surface area contributed by atoms with E-state index in [1.54, 1.807) is 13.2 Å². The largest absolute Gasteiger partial charge is 0.497 e. The molecule has 1 fully saturated rings. The van der Waals surface area contributed by atoms with Crippen LogP contribution in [-0.4, -0.2) is 42.1 Å². The van der Waals surface area contributed by atoms with Gasteiger partial charge in [0.05, 0.1) is 7.11 Å². The number of aryl methyl sites for hydroxylation is 1. The molecule has 1 N–H and O–H groups in total. The molecule has 0 atom stereocenters. The Balaban J connectivity index is 1.65. The highest BCUT2D eigenvalue weighted by atomic mass is 16.5. The lowest BCUT2D eigenvalue weighted by atomic mass is 9.95. The average Bonchev–Trinajstić information content (AvgIpc) is 2.95. The summed E-state index contributed by atoms with van der Waals surface area (Å²) in [6.45, 7) is 7.00. The van der Waals surface area contributed by atoms with E-state index in [1.165, 1.54) is 16.5 Å². The van der Waals surface area contributed by atoms with Crippen LogP contribution in [0, 0.1) is 5.92 Å². The van der Waals surface area contributed by atoms with Crippen molar-refractivity contribution in [3.63, 3.8) is 0 Å². The van der Waals surface area contributed by atoms with E-state index < -0.39 is 0 Å². The molecule has 3 rings (SSSR count). The number of nitrogens with one attached hydrogen (secondary N) is 1. The highest BCUT2D eigenvalue weighted by Crippen LogP contribution is 2.27. The number of hydrogen-bond donors (Lipinski definition) is 1. The van der Waals surface area contributed by atoms with E-state index in [0.717, 1.165) is 38.2 Å². The van der Waals surface area contributed by atoms with Gasteiger partial charge in [-0.3, -0.25) is 9.69 Å². The molecule has 5 nitrogen and oxygen atoms in total. The standard InChI is InChI=1S/C20H27N3O2/c1-4-9-21-20(24)15-7-10-23(11-8-15)14-16-13-22(2)19-6-5-17(25-3)12-18(16)19/h4-6,12-13,15H,1,7-11,14H2,2-3H3,(H,21,24). The zero-order valence-electron chi connectivity index (χ0n) is 15.1. The number of ether oxygens (including phenoxy) is 1. The first-order chi connectivity index (χ1) is 12.1. The Morgan fingerprint density at radius 1 is 1.40 bits per heavy atom. The Morgan fingerprint density at radius 2 is 2.16 bits per heavy atom. The summed E-state index contributed by atoms with van der Waals surface area (Å²) in [6, 6.07) is 6.22. The second kappa shape index (κ2) is 7.74. The van der Waals surface area contributed by atoms with Crippen LogP contribution in [-0.2, 0) is 18.4 Å². The summed E-state index contributed by atoms with van der Waals surface area (Å²) in [5.41, 5.74) is 2.53. The van der Waals surface area contributed by atoms with Crippen LogP contribution in [0.25, 0.3) is 10.9 Å². The van der Waals surface area contributed by atoms with Crippen molar-refractivity contribution in [2.75, 3.05) is 26.7 Å². The van der Waals surface area contributed by atoms with Crippen molar-refractivity contribution in [3.8, 4) is 5.75 Å². The minimum absolute atomic E-state index is 0.129. The van der Waals surface area contributed by atoms with Crippen molar-refractivity contribution < 1.29 is 9.53 Å². The number of piperidine rings is 1. The molecule has 1 aromatic carbocycles. The van der Waals surface area contributed by atoms with Gasteiger partial charge in [0.15, 0.2) is 0 Å². The van der Waals surface area contributed by atoms with Crippen molar-refractivity contribution in [1.82, 2.24) is 14.8 Å². The number of amides is 1. The fourth-order valence-corrected chi connectivity index (χ4v) is 3.62. The van der Waals surface area contributed by atoms with E-state index in [0.29, 0.717) is 6.54 Å². The first kappa shape index (κ1) is 17.5. The number of methoxy groups -OCH3 is 1. The van der Waals surface area contributed by atoms with Gasteiger partial charge in [-0.1, -0.05) is 6.08 Å². The highest BCUT2D eigenvalue weighted by molar-refractivity contribution is 5.85. The van der Waals surface area contributed by atoms with Gasteiger partial charge in [0.2, 0.25) is 5.91 Å².